The van der Waals surface area contributed by atoms with Gasteiger partial charge in [-0.2, -0.15) is 0 Å². The third kappa shape index (κ3) is 5.35. The van der Waals surface area contributed by atoms with E-state index in [1.807, 2.05) is 24.8 Å². The number of esters is 1. The molecule has 144 valence electrons. The first kappa shape index (κ1) is 21.0. The van der Waals surface area contributed by atoms with Crippen molar-refractivity contribution in [1.29, 1.82) is 0 Å². The van der Waals surface area contributed by atoms with E-state index in [9.17, 15) is 9.59 Å². The quantitative estimate of drug-likeness (QED) is 0.736. The van der Waals surface area contributed by atoms with E-state index in [4.69, 9.17) is 27.9 Å². The van der Waals surface area contributed by atoms with E-state index in [2.05, 4.69) is 5.32 Å². The molecule has 0 aliphatic carbocycles. The monoisotopic (exact) mass is 400 g/mol. The molecule has 26 heavy (non-hydrogen) atoms. The number of hydrogen-bond donors (Lipinski definition) is 1. The second kappa shape index (κ2) is 9.58. The summed E-state index contributed by atoms with van der Waals surface area (Å²) < 4.78 is 5.07. The van der Waals surface area contributed by atoms with Gasteiger partial charge >= 0.3 is 5.97 Å². The predicted molar refractivity (Wildman–Crippen MR) is 103 cm³/mol. The molecule has 1 saturated heterocycles. The first-order chi connectivity index (χ1) is 12.3. The molecule has 2 atom stereocenters. The number of benzene rings is 1. The van der Waals surface area contributed by atoms with Crippen LogP contribution in [0.15, 0.2) is 18.2 Å². The first-order valence-corrected chi connectivity index (χ1v) is 9.75. The van der Waals surface area contributed by atoms with Gasteiger partial charge in [-0.1, -0.05) is 29.3 Å². The van der Waals surface area contributed by atoms with E-state index in [1.54, 1.807) is 19.1 Å². The summed E-state index contributed by atoms with van der Waals surface area (Å²) in [5.41, 5.74) is 0.900. The average Bonchev–Trinajstić information content (AvgIpc) is 2.61. The van der Waals surface area contributed by atoms with E-state index < -0.39 is 0 Å². The average molecular weight is 401 g/mol. The van der Waals surface area contributed by atoms with Gasteiger partial charge in [-0.15, -0.1) is 0 Å². The summed E-state index contributed by atoms with van der Waals surface area (Å²) in [5.74, 6) is -0.227. The number of amides is 1. The van der Waals surface area contributed by atoms with Crippen LogP contribution >= 0.6 is 23.2 Å². The summed E-state index contributed by atoms with van der Waals surface area (Å²) in [6.45, 7) is 7.16. The van der Waals surface area contributed by atoms with Crippen molar-refractivity contribution in [2.24, 2.45) is 5.92 Å². The van der Waals surface area contributed by atoms with Crippen LogP contribution in [0.1, 0.15) is 45.2 Å². The van der Waals surface area contributed by atoms with Crippen molar-refractivity contribution in [3.63, 3.8) is 0 Å². The molecule has 1 heterocycles. The van der Waals surface area contributed by atoms with Gasteiger partial charge in [0.2, 0.25) is 5.91 Å². The molecule has 0 spiro atoms. The van der Waals surface area contributed by atoms with Gasteiger partial charge in [-0.05, 0) is 51.3 Å². The minimum atomic E-state index is -0.351. The molecule has 1 aromatic rings. The van der Waals surface area contributed by atoms with Gasteiger partial charge in [0.15, 0.2) is 0 Å². The number of piperidine rings is 1. The normalized spacial score (nSPS) is 17.7. The minimum absolute atomic E-state index is 0.0317. The molecule has 0 radical (unpaired) electrons. The molecule has 1 fully saturated rings. The van der Waals surface area contributed by atoms with Gasteiger partial charge in [0.25, 0.3) is 0 Å². The van der Waals surface area contributed by atoms with Crippen LogP contribution in [-0.2, 0) is 14.3 Å². The zero-order chi connectivity index (χ0) is 19.3. The van der Waals surface area contributed by atoms with E-state index in [0.717, 1.165) is 5.56 Å². The van der Waals surface area contributed by atoms with Crippen LogP contribution in [0.3, 0.4) is 0 Å². The fourth-order valence-corrected chi connectivity index (χ4v) is 3.83. The van der Waals surface area contributed by atoms with E-state index >= 15 is 0 Å². The highest BCUT2D eigenvalue weighted by molar-refractivity contribution is 6.35. The maximum atomic E-state index is 12.7. The minimum Gasteiger partial charge on any atom is -0.466 e. The summed E-state index contributed by atoms with van der Waals surface area (Å²) in [4.78, 5) is 26.3. The Hall–Kier alpha value is -1.30. The number of nitrogens with one attached hydrogen (secondary N) is 1. The Balaban J connectivity index is 1.88. The lowest BCUT2D eigenvalue weighted by molar-refractivity contribution is -0.151. The van der Waals surface area contributed by atoms with Crippen LogP contribution in [0.4, 0.5) is 0 Å². The summed E-state index contributed by atoms with van der Waals surface area (Å²) in [5, 5.41) is 4.46. The van der Waals surface area contributed by atoms with Crippen LogP contribution in [0.5, 0.6) is 0 Å². The molecule has 1 amide bonds. The van der Waals surface area contributed by atoms with Gasteiger partial charge in [0.1, 0.15) is 0 Å². The molecule has 1 aromatic carbocycles. The number of halogens is 2. The third-order valence-corrected chi connectivity index (χ3v) is 5.29. The fraction of sp³-hybridized carbons (Fsp3) is 0.579. The highest BCUT2D eigenvalue weighted by Crippen LogP contribution is 2.26. The van der Waals surface area contributed by atoms with Gasteiger partial charge in [0, 0.05) is 29.2 Å². The van der Waals surface area contributed by atoms with Crippen molar-refractivity contribution in [1.82, 2.24) is 10.2 Å². The van der Waals surface area contributed by atoms with Crippen LogP contribution < -0.4 is 5.32 Å². The molecule has 1 aliphatic heterocycles. The standard InChI is InChI=1S/C19H26Cl2N2O3/c1-4-26-19(25)14-7-9-23(10-8-14)18(24)13(3)22-12(2)16-6-5-15(20)11-17(16)21/h5-6,11-14,22H,4,7-10H2,1-3H3. The Morgan fingerprint density at radius 3 is 2.50 bits per heavy atom. The van der Waals surface area contributed by atoms with Crippen molar-refractivity contribution < 1.29 is 14.3 Å². The number of carbonyl (C=O) groups excluding carboxylic acids is 2. The summed E-state index contributed by atoms with van der Waals surface area (Å²) in [6, 6.07) is 4.91. The first-order valence-electron chi connectivity index (χ1n) is 8.99. The highest BCUT2D eigenvalue weighted by Gasteiger charge is 2.30. The SMILES string of the molecule is CCOC(=O)C1CCN(C(=O)C(C)NC(C)c2ccc(Cl)cc2Cl)CC1. The molecular weight excluding hydrogens is 375 g/mol. The second-order valence-corrected chi connectivity index (χ2v) is 7.47. The largest absolute Gasteiger partial charge is 0.466 e. The third-order valence-electron chi connectivity index (χ3n) is 4.73. The lowest BCUT2D eigenvalue weighted by Crippen LogP contribution is -2.49. The van der Waals surface area contributed by atoms with E-state index in [0.29, 0.717) is 42.6 Å². The smallest absolute Gasteiger partial charge is 0.309 e. The topological polar surface area (TPSA) is 58.6 Å². The van der Waals surface area contributed by atoms with E-state index in [1.165, 1.54) is 0 Å². The molecular formula is C19H26Cl2N2O3. The number of ether oxygens (including phenoxy) is 1. The zero-order valence-corrected chi connectivity index (χ0v) is 16.9. The Labute approximate surface area is 165 Å². The maximum absolute atomic E-state index is 12.7. The molecule has 7 heteroatoms. The number of rotatable bonds is 6. The molecule has 0 bridgehead atoms. The van der Waals surface area contributed by atoms with Crippen LogP contribution in [-0.4, -0.2) is 42.5 Å². The Morgan fingerprint density at radius 1 is 1.27 bits per heavy atom. The number of carbonyl (C=O) groups is 2. The van der Waals surface area contributed by atoms with Crippen LogP contribution in [0.25, 0.3) is 0 Å². The van der Waals surface area contributed by atoms with Gasteiger partial charge in [0.05, 0.1) is 18.6 Å². The highest BCUT2D eigenvalue weighted by atomic mass is 35.5. The van der Waals surface area contributed by atoms with Gasteiger partial charge < -0.3 is 9.64 Å². The molecule has 5 nitrogen and oxygen atoms in total. The molecule has 2 rings (SSSR count). The van der Waals surface area contributed by atoms with E-state index in [-0.39, 0.29) is 29.9 Å². The Morgan fingerprint density at radius 2 is 1.92 bits per heavy atom. The lowest BCUT2D eigenvalue weighted by atomic mass is 9.96. The van der Waals surface area contributed by atoms with Crippen LogP contribution in [0, 0.1) is 5.92 Å². The van der Waals surface area contributed by atoms with Crippen molar-refractivity contribution >= 4 is 35.1 Å². The fourth-order valence-electron chi connectivity index (χ4n) is 3.26. The molecule has 2 unspecified atom stereocenters. The maximum Gasteiger partial charge on any atom is 0.309 e. The molecule has 0 aromatic heterocycles. The molecule has 1 aliphatic rings. The number of likely N-dealkylation sites (tertiary alicyclic amines) is 1. The van der Waals surface area contributed by atoms with Crippen LogP contribution in [0.2, 0.25) is 10.0 Å². The van der Waals surface area contributed by atoms with Gasteiger partial charge in [-0.25, -0.2) is 0 Å². The van der Waals surface area contributed by atoms with Crippen molar-refractivity contribution in [3.05, 3.63) is 33.8 Å². The Kier molecular flexibility index (Phi) is 7.74. The Bertz CT molecular complexity index is 646. The zero-order valence-electron chi connectivity index (χ0n) is 15.4. The summed E-state index contributed by atoms with van der Waals surface area (Å²) >= 11 is 12.2. The molecule has 1 N–H and O–H groups in total. The number of nitrogens with zero attached hydrogens (tertiary/aromatic N) is 1. The molecule has 0 saturated carbocycles. The predicted octanol–water partition coefficient (Wildman–Crippen LogP) is 3.83. The van der Waals surface area contributed by atoms with Crippen molar-refractivity contribution in [2.75, 3.05) is 19.7 Å². The van der Waals surface area contributed by atoms with Crippen molar-refractivity contribution in [3.8, 4) is 0 Å². The summed E-state index contributed by atoms with van der Waals surface area (Å²) in [7, 11) is 0. The van der Waals surface area contributed by atoms with Gasteiger partial charge in [-0.3, -0.25) is 14.9 Å². The summed E-state index contributed by atoms with van der Waals surface area (Å²) in [6.07, 6.45) is 1.30. The number of hydrogen-bond acceptors (Lipinski definition) is 4. The second-order valence-electron chi connectivity index (χ2n) is 6.63. The van der Waals surface area contributed by atoms with Crippen molar-refractivity contribution in [2.45, 2.75) is 45.7 Å². The lowest BCUT2D eigenvalue weighted by Gasteiger charge is -2.33.